The zero-order valence-corrected chi connectivity index (χ0v) is 11.1. The van der Waals surface area contributed by atoms with Crippen LogP contribution in [0.5, 0.6) is 0 Å². The lowest BCUT2D eigenvalue weighted by Gasteiger charge is -2.05. The molecule has 0 aliphatic carbocycles. The summed E-state index contributed by atoms with van der Waals surface area (Å²) in [5.74, 6) is -4.15. The molecule has 110 valence electrons. The van der Waals surface area contributed by atoms with Gasteiger partial charge < -0.3 is 14.8 Å². The van der Waals surface area contributed by atoms with E-state index in [0.717, 1.165) is 0 Å². The number of benzene rings is 1. The first kappa shape index (κ1) is 15.0. The Labute approximate surface area is 122 Å². The quantitative estimate of drug-likeness (QED) is 0.850. The van der Waals surface area contributed by atoms with Gasteiger partial charge in [0.25, 0.3) is 5.91 Å². The van der Waals surface area contributed by atoms with Crippen LogP contribution < -0.4 is 5.32 Å². The van der Waals surface area contributed by atoms with Crippen molar-refractivity contribution >= 4 is 23.5 Å². The minimum Gasteiger partial charge on any atom is -0.475 e. The maximum atomic E-state index is 13.5. The number of carboxylic acids is 1. The SMILES string of the molecule is O=C(O)c1ccc(CNC(=O)c2cc(F)c(Cl)cc2F)o1. The fourth-order valence-corrected chi connectivity index (χ4v) is 1.70. The van der Waals surface area contributed by atoms with Crippen molar-refractivity contribution in [2.45, 2.75) is 6.54 Å². The highest BCUT2D eigenvalue weighted by atomic mass is 35.5. The molecule has 1 heterocycles. The van der Waals surface area contributed by atoms with Crippen LogP contribution in [-0.2, 0) is 6.54 Å². The molecular weight excluding hydrogens is 308 g/mol. The normalized spacial score (nSPS) is 10.4. The largest absolute Gasteiger partial charge is 0.475 e. The highest BCUT2D eigenvalue weighted by Crippen LogP contribution is 2.19. The number of amides is 1. The molecule has 0 fully saturated rings. The number of carbonyl (C=O) groups excluding carboxylic acids is 1. The van der Waals surface area contributed by atoms with Crippen LogP contribution in [0.2, 0.25) is 5.02 Å². The number of nitrogens with one attached hydrogen (secondary N) is 1. The van der Waals surface area contributed by atoms with Crippen molar-refractivity contribution in [2.75, 3.05) is 0 Å². The van der Waals surface area contributed by atoms with Crippen LogP contribution >= 0.6 is 11.6 Å². The summed E-state index contributed by atoms with van der Waals surface area (Å²) < 4.78 is 31.6. The van der Waals surface area contributed by atoms with E-state index in [9.17, 15) is 18.4 Å². The third-order valence-corrected chi connectivity index (χ3v) is 2.84. The van der Waals surface area contributed by atoms with Crippen molar-refractivity contribution in [3.8, 4) is 0 Å². The molecule has 0 saturated heterocycles. The number of hydrogen-bond acceptors (Lipinski definition) is 3. The predicted molar refractivity (Wildman–Crippen MR) is 68.2 cm³/mol. The van der Waals surface area contributed by atoms with Crippen molar-refractivity contribution in [1.82, 2.24) is 5.32 Å². The molecule has 2 rings (SSSR count). The molecular formula is C13H8ClF2NO4. The van der Waals surface area contributed by atoms with Crippen LogP contribution in [0.1, 0.15) is 26.7 Å². The van der Waals surface area contributed by atoms with Gasteiger partial charge in [0.15, 0.2) is 0 Å². The minimum atomic E-state index is -1.25. The second kappa shape index (κ2) is 5.92. The molecule has 1 aromatic heterocycles. The zero-order valence-electron chi connectivity index (χ0n) is 10.3. The standard InChI is InChI=1S/C13H8ClF2NO4/c14-8-4-9(15)7(3-10(8)16)12(18)17-5-6-1-2-11(21-6)13(19)20/h1-4H,5H2,(H,17,18)(H,19,20). The Bertz CT molecular complexity index is 714. The number of carbonyl (C=O) groups is 2. The van der Waals surface area contributed by atoms with Crippen LogP contribution in [0.3, 0.4) is 0 Å². The third-order valence-electron chi connectivity index (χ3n) is 2.55. The topological polar surface area (TPSA) is 79.5 Å². The van der Waals surface area contributed by atoms with Crippen LogP contribution in [0, 0.1) is 11.6 Å². The van der Waals surface area contributed by atoms with E-state index in [2.05, 4.69) is 5.32 Å². The lowest BCUT2D eigenvalue weighted by atomic mass is 10.2. The number of furan rings is 1. The maximum absolute atomic E-state index is 13.5. The minimum absolute atomic E-state index is 0.163. The van der Waals surface area contributed by atoms with Crippen LogP contribution in [0.15, 0.2) is 28.7 Å². The van der Waals surface area contributed by atoms with Gasteiger partial charge in [-0.15, -0.1) is 0 Å². The average Bonchev–Trinajstić information content (AvgIpc) is 2.89. The van der Waals surface area contributed by atoms with Crippen molar-refractivity contribution in [3.05, 3.63) is 58.0 Å². The zero-order chi connectivity index (χ0) is 15.6. The van der Waals surface area contributed by atoms with Gasteiger partial charge in [-0.25, -0.2) is 13.6 Å². The average molecular weight is 316 g/mol. The van der Waals surface area contributed by atoms with E-state index in [1.165, 1.54) is 12.1 Å². The molecule has 0 radical (unpaired) electrons. The Morgan fingerprint density at radius 2 is 1.95 bits per heavy atom. The van der Waals surface area contributed by atoms with E-state index >= 15 is 0 Å². The highest BCUT2D eigenvalue weighted by molar-refractivity contribution is 6.30. The summed E-state index contributed by atoms with van der Waals surface area (Å²) in [7, 11) is 0. The molecule has 0 atom stereocenters. The molecule has 0 spiro atoms. The Morgan fingerprint density at radius 3 is 2.57 bits per heavy atom. The van der Waals surface area contributed by atoms with Gasteiger partial charge in [0.1, 0.15) is 17.4 Å². The van der Waals surface area contributed by atoms with Gasteiger partial charge >= 0.3 is 5.97 Å². The van der Waals surface area contributed by atoms with E-state index in [1.54, 1.807) is 0 Å². The molecule has 0 aliphatic rings. The number of aromatic carboxylic acids is 1. The second-order valence-electron chi connectivity index (χ2n) is 4.00. The van der Waals surface area contributed by atoms with Gasteiger partial charge in [-0.3, -0.25) is 4.79 Å². The van der Waals surface area contributed by atoms with Crippen LogP contribution in [0.25, 0.3) is 0 Å². The fraction of sp³-hybridized carbons (Fsp3) is 0.0769. The van der Waals surface area contributed by atoms with Crippen molar-refractivity contribution in [1.29, 1.82) is 0 Å². The Hall–Kier alpha value is -2.41. The smallest absolute Gasteiger partial charge is 0.371 e. The van der Waals surface area contributed by atoms with Gasteiger partial charge in [0.05, 0.1) is 17.1 Å². The van der Waals surface area contributed by atoms with E-state index in [4.69, 9.17) is 21.1 Å². The number of halogens is 3. The van der Waals surface area contributed by atoms with Crippen molar-refractivity contribution in [2.24, 2.45) is 0 Å². The molecule has 0 unspecified atom stereocenters. The van der Waals surface area contributed by atoms with Gasteiger partial charge in [-0.05, 0) is 24.3 Å². The number of rotatable bonds is 4. The first-order valence-corrected chi connectivity index (χ1v) is 6.01. The molecule has 5 nitrogen and oxygen atoms in total. The molecule has 1 aromatic carbocycles. The highest BCUT2D eigenvalue weighted by Gasteiger charge is 2.16. The van der Waals surface area contributed by atoms with Gasteiger partial charge in [-0.1, -0.05) is 11.6 Å². The molecule has 1 amide bonds. The van der Waals surface area contributed by atoms with E-state index in [0.29, 0.717) is 12.1 Å². The molecule has 2 aromatic rings. The predicted octanol–water partition coefficient (Wildman–Crippen LogP) is 2.84. The van der Waals surface area contributed by atoms with Gasteiger partial charge in [0, 0.05) is 0 Å². The fourth-order valence-electron chi connectivity index (χ4n) is 1.55. The molecule has 2 N–H and O–H groups in total. The summed E-state index contributed by atoms with van der Waals surface area (Å²) >= 11 is 5.38. The molecule has 21 heavy (non-hydrogen) atoms. The number of hydrogen-bond donors (Lipinski definition) is 2. The molecule has 0 bridgehead atoms. The van der Waals surface area contributed by atoms with Crippen LogP contribution in [0.4, 0.5) is 8.78 Å². The van der Waals surface area contributed by atoms with Crippen LogP contribution in [-0.4, -0.2) is 17.0 Å². The maximum Gasteiger partial charge on any atom is 0.371 e. The van der Waals surface area contributed by atoms with E-state index in [1.807, 2.05) is 0 Å². The lowest BCUT2D eigenvalue weighted by molar-refractivity contribution is 0.0660. The summed E-state index contributed by atoms with van der Waals surface area (Å²) in [6.45, 7) is -0.171. The molecule has 8 heteroatoms. The second-order valence-corrected chi connectivity index (χ2v) is 4.41. The first-order chi connectivity index (χ1) is 9.88. The molecule has 0 saturated carbocycles. The monoisotopic (exact) mass is 315 g/mol. The lowest BCUT2D eigenvalue weighted by Crippen LogP contribution is -2.23. The van der Waals surface area contributed by atoms with E-state index in [-0.39, 0.29) is 18.1 Å². The Morgan fingerprint density at radius 1 is 1.24 bits per heavy atom. The van der Waals surface area contributed by atoms with Gasteiger partial charge in [0.2, 0.25) is 5.76 Å². The van der Waals surface area contributed by atoms with Crippen molar-refractivity contribution in [3.63, 3.8) is 0 Å². The first-order valence-electron chi connectivity index (χ1n) is 5.63. The summed E-state index contributed by atoms with van der Waals surface area (Å²) in [4.78, 5) is 22.3. The number of carboxylic acid groups (broad SMARTS) is 1. The third kappa shape index (κ3) is 3.38. The van der Waals surface area contributed by atoms with Gasteiger partial charge in [-0.2, -0.15) is 0 Å². The Balaban J connectivity index is 2.08. The summed E-state index contributed by atoms with van der Waals surface area (Å²) in [5, 5.41) is 10.5. The van der Waals surface area contributed by atoms with E-state index < -0.39 is 34.1 Å². The summed E-state index contributed by atoms with van der Waals surface area (Å²) in [5.41, 5.74) is -0.512. The Kier molecular flexibility index (Phi) is 4.23. The summed E-state index contributed by atoms with van der Waals surface area (Å²) in [6.07, 6.45) is 0. The summed E-state index contributed by atoms with van der Waals surface area (Å²) in [6, 6.07) is 3.94. The molecule has 0 aliphatic heterocycles. The van der Waals surface area contributed by atoms with Crippen molar-refractivity contribution < 1.29 is 27.9 Å².